The average Bonchev–Trinajstić information content (AvgIpc) is 2.95. The van der Waals surface area contributed by atoms with Gasteiger partial charge >= 0.3 is 0 Å². The molecule has 0 unspecified atom stereocenters. The number of pyridine rings is 1. The van der Waals surface area contributed by atoms with Crippen LogP contribution in [0.4, 0.5) is 5.82 Å². The van der Waals surface area contributed by atoms with Crippen molar-refractivity contribution < 1.29 is 4.74 Å². The molecule has 0 aromatic carbocycles. The fourth-order valence-electron chi connectivity index (χ4n) is 2.29. The van der Waals surface area contributed by atoms with Gasteiger partial charge in [-0.1, -0.05) is 0 Å². The number of H-pyrrole nitrogens is 1. The molecule has 0 spiro atoms. The first kappa shape index (κ1) is 11.7. The number of nitrogens with two attached hydrogens (primary N) is 1. The summed E-state index contributed by atoms with van der Waals surface area (Å²) in [7, 11) is 0. The highest BCUT2D eigenvalue weighted by Gasteiger charge is 2.19. The highest BCUT2D eigenvalue weighted by atomic mass is 79.9. The Kier molecular flexibility index (Phi) is 2.87. The van der Waals surface area contributed by atoms with E-state index >= 15 is 0 Å². The van der Waals surface area contributed by atoms with Crippen LogP contribution in [0, 0.1) is 0 Å². The number of halogens is 1. The van der Waals surface area contributed by atoms with Gasteiger partial charge < -0.3 is 15.0 Å². The molecular weight excluding hydrogens is 300 g/mol. The maximum absolute atomic E-state index is 12.3. The van der Waals surface area contributed by atoms with Crippen LogP contribution >= 0.6 is 15.9 Å². The first-order valence-corrected chi connectivity index (χ1v) is 6.60. The molecule has 0 saturated carbocycles. The van der Waals surface area contributed by atoms with Gasteiger partial charge in [0.05, 0.1) is 22.6 Å². The monoisotopic (exact) mass is 312 g/mol. The Hall–Kier alpha value is -1.34. The molecule has 7 heteroatoms. The highest BCUT2D eigenvalue weighted by molar-refractivity contribution is 9.10. The third-order valence-electron chi connectivity index (χ3n) is 3.20. The molecule has 0 radical (unpaired) electrons. The van der Waals surface area contributed by atoms with Crippen molar-refractivity contribution in [3.8, 4) is 0 Å². The first-order chi connectivity index (χ1) is 8.66. The molecule has 3 heterocycles. The molecule has 1 aliphatic heterocycles. The van der Waals surface area contributed by atoms with Crippen LogP contribution in [0.2, 0.25) is 0 Å². The van der Waals surface area contributed by atoms with E-state index in [1.165, 1.54) is 0 Å². The molecule has 6 nitrogen and oxygen atoms in total. The SMILES string of the molecule is Nc1n[nH]c2c(Br)cn(C[C@@H]3CCCO3)c(=O)c12. The fraction of sp³-hybridized carbons (Fsp3) is 0.455. The smallest absolute Gasteiger partial charge is 0.263 e. The number of aromatic nitrogens is 3. The number of nitrogens with one attached hydrogen (secondary N) is 1. The second kappa shape index (κ2) is 4.40. The van der Waals surface area contributed by atoms with Crippen LogP contribution in [0.25, 0.3) is 10.9 Å². The van der Waals surface area contributed by atoms with Crippen LogP contribution in [-0.2, 0) is 11.3 Å². The summed E-state index contributed by atoms with van der Waals surface area (Å²) >= 11 is 3.42. The number of rotatable bonds is 2. The molecule has 3 N–H and O–H groups in total. The van der Waals surface area contributed by atoms with E-state index in [4.69, 9.17) is 10.5 Å². The number of hydrogen-bond acceptors (Lipinski definition) is 4. The van der Waals surface area contributed by atoms with Crippen molar-refractivity contribution in [3.63, 3.8) is 0 Å². The standard InChI is InChI=1S/C11H13BrN4O2/c12-7-5-16(4-6-2-1-3-18-6)11(17)8-9(7)14-15-10(8)13/h5-6H,1-4H2,(H3,13,14,15)/t6-/m0/s1. The van der Waals surface area contributed by atoms with E-state index in [9.17, 15) is 4.79 Å². The van der Waals surface area contributed by atoms with Crippen LogP contribution in [0.1, 0.15) is 12.8 Å². The van der Waals surface area contributed by atoms with Crippen molar-refractivity contribution in [2.24, 2.45) is 0 Å². The second-order valence-corrected chi connectivity index (χ2v) is 5.28. The molecular formula is C11H13BrN4O2. The van der Waals surface area contributed by atoms with Gasteiger partial charge in [-0.25, -0.2) is 0 Å². The summed E-state index contributed by atoms with van der Waals surface area (Å²) in [6, 6.07) is 0. The maximum atomic E-state index is 12.3. The van der Waals surface area contributed by atoms with Gasteiger partial charge in [-0.15, -0.1) is 0 Å². The molecule has 0 amide bonds. The molecule has 3 rings (SSSR count). The third-order valence-corrected chi connectivity index (χ3v) is 3.80. The minimum atomic E-state index is -0.130. The summed E-state index contributed by atoms with van der Waals surface area (Å²) in [6.45, 7) is 1.33. The molecule has 1 saturated heterocycles. The predicted octanol–water partition coefficient (Wildman–Crippen LogP) is 1.25. The van der Waals surface area contributed by atoms with Crippen LogP contribution in [-0.4, -0.2) is 27.5 Å². The minimum absolute atomic E-state index is 0.111. The lowest BCUT2D eigenvalue weighted by atomic mass is 10.2. The predicted molar refractivity (Wildman–Crippen MR) is 71.4 cm³/mol. The largest absolute Gasteiger partial charge is 0.382 e. The van der Waals surface area contributed by atoms with Gasteiger partial charge in [0.15, 0.2) is 5.82 Å². The number of aromatic amines is 1. The summed E-state index contributed by atoms with van der Waals surface area (Å²) < 4.78 is 7.96. The van der Waals surface area contributed by atoms with Crippen molar-refractivity contribution in [2.45, 2.75) is 25.5 Å². The number of nitrogen functional groups attached to an aromatic ring is 1. The third kappa shape index (κ3) is 1.83. The Morgan fingerprint density at radius 1 is 1.67 bits per heavy atom. The lowest BCUT2D eigenvalue weighted by Gasteiger charge is -2.12. The molecule has 1 atom stereocenters. The molecule has 1 aliphatic rings. The molecule has 1 fully saturated rings. The number of anilines is 1. The van der Waals surface area contributed by atoms with Crippen LogP contribution in [0.15, 0.2) is 15.5 Å². The van der Waals surface area contributed by atoms with Gasteiger partial charge in [0.2, 0.25) is 0 Å². The number of hydrogen-bond donors (Lipinski definition) is 2. The van der Waals surface area contributed by atoms with E-state index in [1.54, 1.807) is 10.8 Å². The zero-order chi connectivity index (χ0) is 12.7. The number of fused-ring (bicyclic) bond motifs is 1. The van der Waals surface area contributed by atoms with Crippen LogP contribution < -0.4 is 11.3 Å². The highest BCUT2D eigenvalue weighted by Crippen LogP contribution is 2.23. The Balaban J connectivity index is 2.09. The summed E-state index contributed by atoms with van der Waals surface area (Å²) in [5.41, 5.74) is 6.23. The number of nitrogens with zero attached hydrogens (tertiary/aromatic N) is 2. The van der Waals surface area contributed by atoms with Gasteiger partial charge in [-0.05, 0) is 28.8 Å². The normalized spacial score (nSPS) is 19.7. The summed E-state index contributed by atoms with van der Waals surface area (Å²) in [5.74, 6) is 0.234. The van der Waals surface area contributed by atoms with Crippen molar-refractivity contribution in [2.75, 3.05) is 12.3 Å². The lowest BCUT2D eigenvalue weighted by molar-refractivity contribution is 0.0962. The zero-order valence-corrected chi connectivity index (χ0v) is 11.2. The summed E-state index contributed by atoms with van der Waals surface area (Å²) in [5, 5.41) is 7.05. The Morgan fingerprint density at radius 2 is 2.50 bits per heavy atom. The van der Waals surface area contributed by atoms with Crippen molar-refractivity contribution in [3.05, 3.63) is 21.0 Å². The van der Waals surface area contributed by atoms with Gasteiger partial charge in [0.1, 0.15) is 5.39 Å². The maximum Gasteiger partial charge on any atom is 0.263 e. The second-order valence-electron chi connectivity index (χ2n) is 4.43. The first-order valence-electron chi connectivity index (χ1n) is 5.81. The molecule has 96 valence electrons. The van der Waals surface area contributed by atoms with Crippen molar-refractivity contribution in [1.82, 2.24) is 14.8 Å². The minimum Gasteiger partial charge on any atom is -0.382 e. The van der Waals surface area contributed by atoms with Gasteiger partial charge in [-0.3, -0.25) is 9.89 Å². The summed E-state index contributed by atoms with van der Waals surface area (Å²) in [6.07, 6.45) is 3.91. The fourth-order valence-corrected chi connectivity index (χ4v) is 2.83. The van der Waals surface area contributed by atoms with E-state index in [-0.39, 0.29) is 17.5 Å². The van der Waals surface area contributed by atoms with Gasteiger partial charge in [0, 0.05) is 12.8 Å². The molecule has 2 aromatic heterocycles. The van der Waals surface area contributed by atoms with Crippen molar-refractivity contribution >= 4 is 32.7 Å². The Morgan fingerprint density at radius 3 is 3.22 bits per heavy atom. The van der Waals surface area contributed by atoms with Gasteiger partial charge in [-0.2, -0.15) is 5.10 Å². The van der Waals surface area contributed by atoms with Crippen molar-refractivity contribution in [1.29, 1.82) is 0 Å². The molecule has 2 aromatic rings. The van der Waals surface area contributed by atoms with Gasteiger partial charge in [0.25, 0.3) is 5.56 Å². The van der Waals surface area contributed by atoms with E-state index in [0.29, 0.717) is 17.4 Å². The average molecular weight is 313 g/mol. The van der Waals surface area contributed by atoms with E-state index in [2.05, 4.69) is 26.1 Å². The zero-order valence-electron chi connectivity index (χ0n) is 9.65. The quantitative estimate of drug-likeness (QED) is 0.873. The lowest BCUT2D eigenvalue weighted by Crippen LogP contribution is -2.26. The Labute approximate surface area is 111 Å². The Bertz CT molecular complexity index is 642. The molecule has 18 heavy (non-hydrogen) atoms. The topological polar surface area (TPSA) is 85.9 Å². The number of ether oxygens (including phenoxy) is 1. The molecule has 0 aliphatic carbocycles. The van der Waals surface area contributed by atoms with Crippen LogP contribution in [0.5, 0.6) is 0 Å². The molecule has 0 bridgehead atoms. The van der Waals surface area contributed by atoms with Crippen LogP contribution in [0.3, 0.4) is 0 Å². The van der Waals surface area contributed by atoms with E-state index < -0.39 is 0 Å². The van der Waals surface area contributed by atoms with E-state index in [0.717, 1.165) is 23.9 Å². The van der Waals surface area contributed by atoms with E-state index in [1.807, 2.05) is 0 Å². The summed E-state index contributed by atoms with van der Waals surface area (Å²) in [4.78, 5) is 12.3.